The zero-order valence-electron chi connectivity index (χ0n) is 15.2. The lowest BCUT2D eigenvalue weighted by molar-refractivity contribution is 0.542. The highest BCUT2D eigenvalue weighted by atomic mass is 14.9. The van der Waals surface area contributed by atoms with Gasteiger partial charge in [-0.05, 0) is 110 Å². The van der Waals surface area contributed by atoms with Gasteiger partial charge in [0.05, 0.1) is 0 Å². The summed E-state index contributed by atoms with van der Waals surface area (Å²) < 4.78 is 0. The number of unbranched alkanes of at least 4 members (excludes halogenated alkanes) is 2. The Labute approximate surface area is 143 Å². The van der Waals surface area contributed by atoms with E-state index < -0.39 is 0 Å². The molecule has 0 aromatic rings. The van der Waals surface area contributed by atoms with Gasteiger partial charge in [-0.15, -0.1) is 0 Å². The highest BCUT2D eigenvalue weighted by molar-refractivity contribution is 4.56. The van der Waals surface area contributed by atoms with E-state index in [1.807, 2.05) is 0 Å². The molecule has 0 saturated heterocycles. The van der Waals surface area contributed by atoms with Crippen LogP contribution in [0.2, 0.25) is 0 Å². The summed E-state index contributed by atoms with van der Waals surface area (Å²) in [6.45, 7) is 10.4. The van der Waals surface area contributed by atoms with Gasteiger partial charge in [0, 0.05) is 0 Å². The molecule has 6 heteroatoms. The minimum atomic E-state index is 0.786. The Morgan fingerprint density at radius 2 is 0.609 bits per heavy atom. The van der Waals surface area contributed by atoms with Gasteiger partial charge in [-0.1, -0.05) is 0 Å². The van der Waals surface area contributed by atoms with Crippen LogP contribution in [0.1, 0.15) is 44.9 Å². The Morgan fingerprint density at radius 1 is 0.348 bits per heavy atom. The van der Waals surface area contributed by atoms with Gasteiger partial charge >= 0.3 is 0 Å². The SMILES string of the molecule is NCCCNCCCCNCCCNCCCCNCCCN. The molecule has 0 aliphatic heterocycles. The van der Waals surface area contributed by atoms with Crippen LogP contribution < -0.4 is 32.7 Å². The summed E-state index contributed by atoms with van der Waals surface area (Å²) in [7, 11) is 0. The summed E-state index contributed by atoms with van der Waals surface area (Å²) in [5, 5.41) is 13.8. The second-order valence-electron chi connectivity index (χ2n) is 6.05. The molecule has 0 fully saturated rings. The maximum atomic E-state index is 5.44. The van der Waals surface area contributed by atoms with E-state index in [0.29, 0.717) is 0 Å². The van der Waals surface area contributed by atoms with Gasteiger partial charge in [0.1, 0.15) is 0 Å². The Hall–Kier alpha value is -0.240. The molecule has 0 aliphatic rings. The standard InChI is InChI=1S/C17H42N6/c18-8-5-14-20-10-1-3-12-22-16-7-17-23-13-4-2-11-21-15-6-9-19/h20-23H,1-19H2. The van der Waals surface area contributed by atoms with Crippen LogP contribution >= 0.6 is 0 Å². The molecule has 0 radical (unpaired) electrons. The van der Waals surface area contributed by atoms with Crippen LogP contribution in [0, 0.1) is 0 Å². The molecule has 6 nitrogen and oxygen atoms in total. The first-order valence-corrected chi connectivity index (χ1v) is 9.64. The Bertz CT molecular complexity index is 184. The molecule has 0 spiro atoms. The van der Waals surface area contributed by atoms with Crippen molar-refractivity contribution in [2.24, 2.45) is 11.5 Å². The minimum Gasteiger partial charge on any atom is -0.330 e. The molecule has 140 valence electrons. The van der Waals surface area contributed by atoms with Crippen LogP contribution in [0.25, 0.3) is 0 Å². The molecular weight excluding hydrogens is 288 g/mol. The summed E-state index contributed by atoms with van der Waals surface area (Å²) in [6.07, 6.45) is 8.36. The van der Waals surface area contributed by atoms with E-state index in [0.717, 1.165) is 78.3 Å². The summed E-state index contributed by atoms with van der Waals surface area (Å²) in [5.41, 5.74) is 10.9. The van der Waals surface area contributed by atoms with Gasteiger partial charge in [-0.3, -0.25) is 0 Å². The predicted octanol–water partition coefficient (Wildman–Crippen LogP) is -0.00710. The van der Waals surface area contributed by atoms with Crippen molar-refractivity contribution in [1.29, 1.82) is 0 Å². The lowest BCUT2D eigenvalue weighted by atomic mass is 10.3. The van der Waals surface area contributed by atoms with Crippen molar-refractivity contribution in [1.82, 2.24) is 21.3 Å². The smallest absolute Gasteiger partial charge is 0.00368 e. The Balaban J connectivity index is 2.92. The first-order chi connectivity index (χ1) is 11.4. The van der Waals surface area contributed by atoms with Crippen LogP contribution in [0.15, 0.2) is 0 Å². The number of hydrogen-bond acceptors (Lipinski definition) is 6. The van der Waals surface area contributed by atoms with Crippen molar-refractivity contribution in [3.05, 3.63) is 0 Å². The maximum absolute atomic E-state index is 5.44. The van der Waals surface area contributed by atoms with Crippen LogP contribution in [0.3, 0.4) is 0 Å². The molecule has 0 aliphatic carbocycles. The van der Waals surface area contributed by atoms with Crippen LogP contribution in [0.4, 0.5) is 0 Å². The lowest BCUT2D eigenvalue weighted by Gasteiger charge is -2.07. The fraction of sp³-hybridized carbons (Fsp3) is 1.00. The first-order valence-electron chi connectivity index (χ1n) is 9.64. The summed E-state index contributed by atoms with van der Waals surface area (Å²) >= 11 is 0. The van der Waals surface area contributed by atoms with Crippen molar-refractivity contribution in [2.75, 3.05) is 65.4 Å². The highest BCUT2D eigenvalue weighted by Crippen LogP contribution is 1.87. The van der Waals surface area contributed by atoms with E-state index in [1.54, 1.807) is 0 Å². The van der Waals surface area contributed by atoms with E-state index in [-0.39, 0.29) is 0 Å². The van der Waals surface area contributed by atoms with Crippen molar-refractivity contribution in [3.63, 3.8) is 0 Å². The quantitative estimate of drug-likeness (QED) is 0.176. The molecule has 0 rings (SSSR count). The second-order valence-corrected chi connectivity index (χ2v) is 6.05. The van der Waals surface area contributed by atoms with E-state index in [4.69, 9.17) is 11.5 Å². The van der Waals surface area contributed by atoms with Crippen LogP contribution in [0.5, 0.6) is 0 Å². The molecule has 8 N–H and O–H groups in total. The molecule has 0 bridgehead atoms. The highest BCUT2D eigenvalue weighted by Gasteiger charge is 1.92. The molecule has 0 aromatic carbocycles. The fourth-order valence-electron chi connectivity index (χ4n) is 2.29. The molecule has 0 atom stereocenters. The van der Waals surface area contributed by atoms with Gasteiger partial charge in [-0.2, -0.15) is 0 Å². The van der Waals surface area contributed by atoms with Gasteiger partial charge in [0.25, 0.3) is 0 Å². The minimum absolute atomic E-state index is 0.786. The average molecular weight is 331 g/mol. The van der Waals surface area contributed by atoms with Crippen molar-refractivity contribution >= 4 is 0 Å². The van der Waals surface area contributed by atoms with Crippen molar-refractivity contribution < 1.29 is 0 Å². The number of rotatable bonds is 20. The zero-order chi connectivity index (χ0) is 16.8. The van der Waals surface area contributed by atoms with Gasteiger partial charge < -0.3 is 32.7 Å². The van der Waals surface area contributed by atoms with Gasteiger partial charge in [0.2, 0.25) is 0 Å². The lowest BCUT2D eigenvalue weighted by Crippen LogP contribution is -2.25. The molecule has 0 saturated carbocycles. The predicted molar refractivity (Wildman–Crippen MR) is 102 cm³/mol. The second kappa shape index (κ2) is 21.8. The van der Waals surface area contributed by atoms with Crippen LogP contribution in [-0.2, 0) is 0 Å². The monoisotopic (exact) mass is 330 g/mol. The number of nitrogens with two attached hydrogens (primary N) is 2. The maximum Gasteiger partial charge on any atom is -0.00368 e. The van der Waals surface area contributed by atoms with Crippen LogP contribution in [-0.4, -0.2) is 65.4 Å². The van der Waals surface area contributed by atoms with Crippen molar-refractivity contribution in [3.8, 4) is 0 Å². The topological polar surface area (TPSA) is 100 Å². The molecule has 23 heavy (non-hydrogen) atoms. The summed E-state index contributed by atoms with van der Waals surface area (Å²) in [5.74, 6) is 0. The fourth-order valence-corrected chi connectivity index (χ4v) is 2.29. The molecular formula is C17H42N6. The third-order valence-corrected chi connectivity index (χ3v) is 3.74. The number of hydrogen-bond donors (Lipinski definition) is 6. The first kappa shape index (κ1) is 22.8. The zero-order valence-corrected chi connectivity index (χ0v) is 15.2. The Kier molecular flexibility index (Phi) is 21.5. The van der Waals surface area contributed by atoms with E-state index >= 15 is 0 Å². The number of nitrogens with one attached hydrogen (secondary N) is 4. The van der Waals surface area contributed by atoms with E-state index in [1.165, 1.54) is 32.1 Å². The van der Waals surface area contributed by atoms with Gasteiger partial charge in [0.15, 0.2) is 0 Å². The average Bonchev–Trinajstić information content (AvgIpc) is 2.57. The normalized spacial score (nSPS) is 11.2. The molecule has 0 heterocycles. The van der Waals surface area contributed by atoms with Gasteiger partial charge in [-0.25, -0.2) is 0 Å². The molecule has 0 amide bonds. The third-order valence-electron chi connectivity index (χ3n) is 3.74. The van der Waals surface area contributed by atoms with E-state index in [2.05, 4.69) is 21.3 Å². The summed E-state index contributed by atoms with van der Waals surface area (Å²) in [4.78, 5) is 0. The van der Waals surface area contributed by atoms with Crippen molar-refractivity contribution in [2.45, 2.75) is 44.9 Å². The Morgan fingerprint density at radius 3 is 0.913 bits per heavy atom. The third kappa shape index (κ3) is 21.8. The largest absolute Gasteiger partial charge is 0.330 e. The summed E-state index contributed by atoms with van der Waals surface area (Å²) in [6, 6.07) is 0. The van der Waals surface area contributed by atoms with E-state index in [9.17, 15) is 0 Å². The molecule has 0 unspecified atom stereocenters. The molecule has 0 aromatic heterocycles.